The quantitative estimate of drug-likeness (QED) is 0.699. The summed E-state index contributed by atoms with van der Waals surface area (Å²) in [5.74, 6) is 2.22. The second-order valence-electron chi connectivity index (χ2n) is 6.19. The number of imidazole rings is 1. The van der Waals surface area contributed by atoms with Crippen molar-refractivity contribution in [1.29, 1.82) is 0 Å². The van der Waals surface area contributed by atoms with E-state index in [0.717, 1.165) is 28.5 Å². The minimum absolute atomic E-state index is 0.0796. The number of nitrogens with zero attached hydrogens (tertiary/aromatic N) is 2. The summed E-state index contributed by atoms with van der Waals surface area (Å²) in [6.07, 6.45) is 3.87. The van der Waals surface area contributed by atoms with Crippen LogP contribution in [0.1, 0.15) is 23.0 Å². The van der Waals surface area contributed by atoms with Gasteiger partial charge in [0.05, 0.1) is 20.6 Å². The molecule has 1 aromatic heterocycles. The highest BCUT2D eigenvalue weighted by molar-refractivity contribution is 5.79. The van der Waals surface area contributed by atoms with Crippen LogP contribution in [-0.2, 0) is 18.3 Å². The molecule has 0 aliphatic rings. The van der Waals surface area contributed by atoms with Crippen LogP contribution in [0.2, 0.25) is 0 Å². The van der Waals surface area contributed by atoms with Crippen LogP contribution in [-0.4, -0.2) is 29.7 Å². The first-order chi connectivity index (χ1) is 13.1. The van der Waals surface area contributed by atoms with Crippen molar-refractivity contribution >= 4 is 5.91 Å². The van der Waals surface area contributed by atoms with Gasteiger partial charge in [-0.3, -0.25) is 4.79 Å². The zero-order chi connectivity index (χ0) is 19.2. The van der Waals surface area contributed by atoms with E-state index < -0.39 is 0 Å². The van der Waals surface area contributed by atoms with Gasteiger partial charge < -0.3 is 19.4 Å². The van der Waals surface area contributed by atoms with Crippen molar-refractivity contribution < 1.29 is 14.3 Å². The van der Waals surface area contributed by atoms with Gasteiger partial charge in [0.2, 0.25) is 5.91 Å². The van der Waals surface area contributed by atoms with E-state index >= 15 is 0 Å². The molecular weight excluding hydrogens is 342 g/mol. The van der Waals surface area contributed by atoms with Crippen LogP contribution in [0.5, 0.6) is 11.5 Å². The van der Waals surface area contributed by atoms with Crippen LogP contribution in [0.4, 0.5) is 0 Å². The molecule has 2 aromatic carbocycles. The summed E-state index contributed by atoms with van der Waals surface area (Å²) >= 11 is 0. The zero-order valence-corrected chi connectivity index (χ0v) is 15.7. The number of carbonyl (C=O) groups is 1. The van der Waals surface area contributed by atoms with Crippen LogP contribution in [0.15, 0.2) is 60.9 Å². The molecule has 0 radical (unpaired) electrons. The fourth-order valence-corrected chi connectivity index (χ4v) is 2.89. The normalized spacial score (nSPS) is 11.7. The Bertz CT molecular complexity index is 886. The highest BCUT2D eigenvalue weighted by Gasteiger charge is 2.21. The van der Waals surface area contributed by atoms with Crippen molar-refractivity contribution in [2.75, 3.05) is 14.2 Å². The lowest BCUT2D eigenvalue weighted by Crippen LogP contribution is -2.32. The fourth-order valence-electron chi connectivity index (χ4n) is 2.89. The van der Waals surface area contributed by atoms with Gasteiger partial charge in [0, 0.05) is 19.4 Å². The number of aromatic nitrogens is 2. The van der Waals surface area contributed by atoms with Crippen molar-refractivity contribution in [3.05, 3.63) is 77.9 Å². The summed E-state index contributed by atoms with van der Waals surface area (Å²) in [7, 11) is 5.16. The van der Waals surface area contributed by atoms with Gasteiger partial charge in [0.1, 0.15) is 23.4 Å². The Kier molecular flexibility index (Phi) is 5.76. The molecule has 1 amide bonds. The molecule has 1 heterocycles. The van der Waals surface area contributed by atoms with Gasteiger partial charge in [-0.05, 0) is 35.4 Å². The van der Waals surface area contributed by atoms with E-state index in [9.17, 15) is 4.79 Å². The van der Waals surface area contributed by atoms with Crippen molar-refractivity contribution in [3.63, 3.8) is 0 Å². The molecule has 1 atom stereocenters. The Morgan fingerprint density at radius 1 is 1.04 bits per heavy atom. The number of benzene rings is 2. The van der Waals surface area contributed by atoms with Gasteiger partial charge in [0.25, 0.3) is 0 Å². The largest absolute Gasteiger partial charge is 0.497 e. The molecule has 0 saturated carbocycles. The molecule has 0 fully saturated rings. The lowest BCUT2D eigenvalue weighted by Gasteiger charge is -2.19. The van der Waals surface area contributed by atoms with E-state index in [1.807, 2.05) is 66.3 Å². The molecule has 27 heavy (non-hydrogen) atoms. The van der Waals surface area contributed by atoms with E-state index in [1.54, 1.807) is 20.4 Å². The molecule has 1 N–H and O–H groups in total. The summed E-state index contributed by atoms with van der Waals surface area (Å²) in [6, 6.07) is 14.8. The minimum Gasteiger partial charge on any atom is -0.497 e. The third kappa shape index (κ3) is 4.47. The predicted molar refractivity (Wildman–Crippen MR) is 103 cm³/mol. The molecule has 3 aromatic rings. The summed E-state index contributed by atoms with van der Waals surface area (Å²) < 4.78 is 12.3. The Labute approximate surface area is 158 Å². The molecule has 0 saturated heterocycles. The van der Waals surface area contributed by atoms with E-state index in [2.05, 4.69) is 10.3 Å². The fraction of sp³-hybridized carbons (Fsp3) is 0.238. The van der Waals surface area contributed by atoms with Gasteiger partial charge in [-0.25, -0.2) is 4.98 Å². The molecule has 0 bridgehead atoms. The highest BCUT2D eigenvalue weighted by Crippen LogP contribution is 2.23. The first kappa shape index (κ1) is 18.5. The molecule has 1 unspecified atom stereocenters. The molecule has 6 heteroatoms. The number of hydrogen-bond donors (Lipinski definition) is 1. The summed E-state index contributed by atoms with van der Waals surface area (Å²) in [5, 5.41) is 3.10. The summed E-state index contributed by atoms with van der Waals surface area (Å²) in [6.45, 7) is 0. The minimum atomic E-state index is -0.346. The topological polar surface area (TPSA) is 65.4 Å². The predicted octanol–water partition coefficient (Wildman–Crippen LogP) is 2.89. The SMILES string of the molecule is COc1ccc(CC(=O)NC(c2ccc(OC)cc2)c2nccn2C)cc1. The smallest absolute Gasteiger partial charge is 0.225 e. The van der Waals surface area contributed by atoms with Gasteiger partial charge >= 0.3 is 0 Å². The number of nitrogens with one attached hydrogen (secondary N) is 1. The lowest BCUT2D eigenvalue weighted by atomic mass is 10.0. The first-order valence-electron chi connectivity index (χ1n) is 8.64. The van der Waals surface area contributed by atoms with E-state index in [1.165, 1.54) is 0 Å². The maximum Gasteiger partial charge on any atom is 0.225 e. The van der Waals surface area contributed by atoms with Crippen molar-refractivity contribution in [2.45, 2.75) is 12.5 Å². The van der Waals surface area contributed by atoms with Crippen molar-refractivity contribution in [3.8, 4) is 11.5 Å². The number of ether oxygens (including phenoxy) is 2. The van der Waals surface area contributed by atoms with Crippen LogP contribution >= 0.6 is 0 Å². The second-order valence-corrected chi connectivity index (χ2v) is 6.19. The third-order valence-corrected chi connectivity index (χ3v) is 4.39. The molecular formula is C21H23N3O3. The van der Waals surface area contributed by atoms with Crippen molar-refractivity contribution in [1.82, 2.24) is 14.9 Å². The average molecular weight is 365 g/mol. The van der Waals surface area contributed by atoms with E-state index in [-0.39, 0.29) is 18.4 Å². The standard InChI is InChI=1S/C21H23N3O3/c1-24-13-12-22-21(24)20(16-6-10-18(27-3)11-7-16)23-19(25)14-15-4-8-17(26-2)9-5-15/h4-13,20H,14H2,1-3H3,(H,23,25). The van der Waals surface area contributed by atoms with E-state index in [4.69, 9.17) is 9.47 Å². The van der Waals surface area contributed by atoms with Gasteiger partial charge in [-0.2, -0.15) is 0 Å². The van der Waals surface area contributed by atoms with Crippen LogP contribution in [0.25, 0.3) is 0 Å². The highest BCUT2D eigenvalue weighted by atomic mass is 16.5. The number of methoxy groups -OCH3 is 2. The molecule has 0 spiro atoms. The maximum absolute atomic E-state index is 12.7. The van der Waals surface area contributed by atoms with Gasteiger partial charge in [-0.1, -0.05) is 24.3 Å². The zero-order valence-electron chi connectivity index (χ0n) is 15.7. The number of hydrogen-bond acceptors (Lipinski definition) is 4. The monoisotopic (exact) mass is 365 g/mol. The van der Waals surface area contributed by atoms with Crippen LogP contribution < -0.4 is 14.8 Å². The second kappa shape index (κ2) is 8.40. The lowest BCUT2D eigenvalue weighted by molar-refractivity contribution is -0.121. The number of rotatable bonds is 7. The van der Waals surface area contributed by atoms with E-state index in [0.29, 0.717) is 0 Å². The van der Waals surface area contributed by atoms with Crippen molar-refractivity contribution in [2.24, 2.45) is 7.05 Å². The Hall–Kier alpha value is -3.28. The third-order valence-electron chi connectivity index (χ3n) is 4.39. The number of amides is 1. The maximum atomic E-state index is 12.7. The molecule has 0 aliphatic heterocycles. The number of aryl methyl sites for hydroxylation is 1. The van der Waals surface area contributed by atoms with Gasteiger partial charge in [-0.15, -0.1) is 0 Å². The Morgan fingerprint density at radius 3 is 2.15 bits per heavy atom. The molecule has 140 valence electrons. The average Bonchev–Trinajstić information content (AvgIpc) is 3.12. The number of carbonyl (C=O) groups excluding carboxylic acids is 1. The Morgan fingerprint density at radius 2 is 1.63 bits per heavy atom. The summed E-state index contributed by atoms with van der Waals surface area (Å²) in [5.41, 5.74) is 1.86. The van der Waals surface area contributed by atoms with Crippen LogP contribution in [0.3, 0.4) is 0 Å². The summed E-state index contributed by atoms with van der Waals surface area (Å²) in [4.78, 5) is 17.1. The molecule has 0 aliphatic carbocycles. The first-order valence-corrected chi connectivity index (χ1v) is 8.64. The molecule has 6 nitrogen and oxygen atoms in total. The van der Waals surface area contributed by atoms with Crippen LogP contribution in [0, 0.1) is 0 Å². The Balaban J connectivity index is 1.80. The molecule has 3 rings (SSSR count). The van der Waals surface area contributed by atoms with Gasteiger partial charge in [0.15, 0.2) is 0 Å².